The summed E-state index contributed by atoms with van der Waals surface area (Å²) in [4.78, 5) is 5.32. The number of benzene rings is 2. The number of hydrogen-bond donors (Lipinski definition) is 0. The van der Waals surface area contributed by atoms with Crippen LogP contribution in [-0.4, -0.2) is 14.1 Å². The average molecular weight is 261 g/mol. The Bertz CT molecular complexity index is 755. The van der Waals surface area contributed by atoms with Gasteiger partial charge in [0.05, 0.1) is 12.6 Å². The second-order valence-corrected chi connectivity index (χ2v) is 4.84. The van der Waals surface area contributed by atoms with Crippen molar-refractivity contribution in [1.82, 2.24) is 0 Å². The van der Waals surface area contributed by atoms with Crippen molar-refractivity contribution in [3.05, 3.63) is 59.1 Å². The van der Waals surface area contributed by atoms with E-state index in [1.165, 1.54) is 0 Å². The topological polar surface area (TPSA) is 31.4 Å². The zero-order chi connectivity index (χ0) is 14.7. The second kappa shape index (κ2) is 5.47. The molecule has 2 aromatic carbocycles. The Balaban J connectivity index is 2.57. The molecule has 0 radical (unpaired) electrons. The first kappa shape index (κ1) is 13.6. The van der Waals surface area contributed by atoms with Crippen LogP contribution in [-0.2, 0) is 0 Å². The van der Waals surface area contributed by atoms with Gasteiger partial charge in [-0.25, -0.2) is 10.1 Å². The van der Waals surface area contributed by atoms with E-state index in [1.54, 1.807) is 0 Å². The molecule has 0 aromatic heterocycles. The zero-order valence-electron chi connectivity index (χ0n) is 11.8. The van der Waals surface area contributed by atoms with Crippen LogP contribution in [0.15, 0.2) is 42.1 Å². The minimum atomic E-state index is 0.147. The molecule has 2 rings (SSSR count). The van der Waals surface area contributed by atoms with Crippen LogP contribution in [0.5, 0.6) is 0 Å². The molecule has 98 valence electrons. The quantitative estimate of drug-likeness (QED) is 0.602. The van der Waals surface area contributed by atoms with Gasteiger partial charge >= 0.3 is 0 Å². The van der Waals surface area contributed by atoms with E-state index in [9.17, 15) is 0 Å². The number of rotatable bonds is 2. The maximum absolute atomic E-state index is 8.94. The molecule has 0 aliphatic rings. The number of nitriles is 1. The molecule has 0 fully saturated rings. The first-order valence-corrected chi connectivity index (χ1v) is 6.26. The third kappa shape index (κ3) is 2.48. The molecule has 3 heteroatoms. The first-order valence-electron chi connectivity index (χ1n) is 6.26. The van der Waals surface area contributed by atoms with Crippen molar-refractivity contribution >= 4 is 22.0 Å². The van der Waals surface area contributed by atoms with Gasteiger partial charge in [-0.15, -0.1) is 0 Å². The molecule has 0 N–H and O–H groups in total. The molecule has 0 aliphatic carbocycles. The van der Waals surface area contributed by atoms with Crippen molar-refractivity contribution in [2.75, 3.05) is 19.0 Å². The minimum absolute atomic E-state index is 0.147. The molecule has 20 heavy (non-hydrogen) atoms. The van der Waals surface area contributed by atoms with E-state index in [1.807, 2.05) is 45.3 Å². The molecule has 0 saturated carbocycles. The highest BCUT2D eigenvalue weighted by molar-refractivity contribution is 5.89. The van der Waals surface area contributed by atoms with Gasteiger partial charge in [-0.3, -0.25) is 0 Å². The van der Waals surface area contributed by atoms with Crippen LogP contribution in [0.4, 0.5) is 5.69 Å². The van der Waals surface area contributed by atoms with Crippen LogP contribution in [0.1, 0.15) is 12.5 Å². The average Bonchev–Trinajstić information content (AvgIpc) is 2.47. The third-order valence-electron chi connectivity index (χ3n) is 3.35. The molecule has 0 saturated heterocycles. The zero-order valence-corrected chi connectivity index (χ0v) is 11.8. The molecule has 0 bridgehead atoms. The van der Waals surface area contributed by atoms with E-state index in [0.29, 0.717) is 0 Å². The molecule has 0 unspecified atom stereocenters. The van der Waals surface area contributed by atoms with Crippen molar-refractivity contribution in [1.29, 1.82) is 5.26 Å². The van der Waals surface area contributed by atoms with Gasteiger partial charge in [-0.1, -0.05) is 18.2 Å². The number of nitrogens with zero attached hydrogens (tertiary/aromatic N) is 3. The van der Waals surface area contributed by atoms with Crippen molar-refractivity contribution < 1.29 is 0 Å². The molecule has 0 amide bonds. The maximum atomic E-state index is 8.94. The van der Waals surface area contributed by atoms with Gasteiger partial charge in [-0.2, -0.15) is 0 Å². The SMILES string of the molecule is [C-]#[N+]C(C#N)=C(C)c1ccc2cc(N(C)C)ccc2c1. The van der Waals surface area contributed by atoms with Gasteiger partial charge in [0.15, 0.2) is 0 Å². The van der Waals surface area contributed by atoms with E-state index in [4.69, 9.17) is 11.8 Å². The van der Waals surface area contributed by atoms with Crippen LogP contribution in [0.2, 0.25) is 0 Å². The molecular formula is C17H15N3. The van der Waals surface area contributed by atoms with Crippen molar-refractivity contribution in [2.45, 2.75) is 6.92 Å². The molecular weight excluding hydrogens is 246 g/mol. The summed E-state index contributed by atoms with van der Waals surface area (Å²) in [5.74, 6) is 0. The van der Waals surface area contributed by atoms with Crippen LogP contribution >= 0.6 is 0 Å². The van der Waals surface area contributed by atoms with Gasteiger partial charge in [-0.05, 0) is 47.0 Å². The molecule has 0 aliphatic heterocycles. The summed E-state index contributed by atoms with van der Waals surface area (Å²) in [6.07, 6.45) is 0. The molecule has 0 heterocycles. The van der Waals surface area contributed by atoms with Crippen LogP contribution < -0.4 is 4.90 Å². The number of fused-ring (bicyclic) bond motifs is 1. The first-order chi connectivity index (χ1) is 9.56. The molecule has 3 nitrogen and oxygen atoms in total. The summed E-state index contributed by atoms with van der Waals surface area (Å²) in [7, 11) is 4.02. The molecule has 2 aromatic rings. The third-order valence-corrected chi connectivity index (χ3v) is 3.35. The number of hydrogen-bond acceptors (Lipinski definition) is 2. The predicted octanol–water partition coefficient (Wildman–Crippen LogP) is 4.08. The van der Waals surface area contributed by atoms with Gasteiger partial charge in [0, 0.05) is 19.8 Å². The maximum Gasteiger partial charge on any atom is 0.265 e. The monoisotopic (exact) mass is 261 g/mol. The van der Waals surface area contributed by atoms with Crippen LogP contribution in [0, 0.1) is 17.9 Å². The largest absolute Gasteiger partial charge is 0.378 e. The minimum Gasteiger partial charge on any atom is -0.378 e. The van der Waals surface area contributed by atoms with E-state index in [-0.39, 0.29) is 5.70 Å². The standard InChI is InChI=1S/C17H15N3/c1-12(17(11-18)19-2)13-5-6-15-10-16(20(3)4)8-7-14(15)9-13/h5-10H,1,3-4H3. The van der Waals surface area contributed by atoms with E-state index >= 15 is 0 Å². The fourth-order valence-electron chi connectivity index (χ4n) is 2.07. The Labute approximate surface area is 119 Å². The predicted molar refractivity (Wildman–Crippen MR) is 83.1 cm³/mol. The van der Waals surface area contributed by atoms with Gasteiger partial charge < -0.3 is 4.90 Å². The summed E-state index contributed by atoms with van der Waals surface area (Å²) in [5.41, 5.74) is 2.94. The smallest absolute Gasteiger partial charge is 0.265 e. The molecule has 0 atom stereocenters. The fourth-order valence-corrected chi connectivity index (χ4v) is 2.07. The van der Waals surface area contributed by atoms with Gasteiger partial charge in [0.2, 0.25) is 0 Å². The Kier molecular flexibility index (Phi) is 3.73. The van der Waals surface area contributed by atoms with Crippen molar-refractivity contribution in [3.63, 3.8) is 0 Å². The number of anilines is 1. The Hall–Kier alpha value is -2.78. The summed E-state index contributed by atoms with van der Waals surface area (Å²) < 4.78 is 0. The lowest BCUT2D eigenvalue weighted by Crippen LogP contribution is -2.07. The number of allylic oxidation sites excluding steroid dienone is 2. The van der Waals surface area contributed by atoms with E-state index < -0.39 is 0 Å². The Morgan fingerprint density at radius 3 is 2.40 bits per heavy atom. The second-order valence-electron chi connectivity index (χ2n) is 4.84. The summed E-state index contributed by atoms with van der Waals surface area (Å²) in [5, 5.41) is 11.2. The normalized spacial score (nSPS) is 11.4. The summed E-state index contributed by atoms with van der Waals surface area (Å²) in [6.45, 7) is 8.83. The summed E-state index contributed by atoms with van der Waals surface area (Å²) >= 11 is 0. The fraction of sp³-hybridized carbons (Fsp3) is 0.176. The Morgan fingerprint density at radius 1 is 1.15 bits per heavy atom. The van der Waals surface area contributed by atoms with Crippen molar-refractivity contribution in [2.24, 2.45) is 0 Å². The highest BCUT2D eigenvalue weighted by Gasteiger charge is 2.05. The highest BCUT2D eigenvalue weighted by Crippen LogP contribution is 2.26. The lowest BCUT2D eigenvalue weighted by Gasteiger charge is -2.13. The van der Waals surface area contributed by atoms with Gasteiger partial charge in [0.25, 0.3) is 5.70 Å². The van der Waals surface area contributed by atoms with Gasteiger partial charge in [0.1, 0.15) is 0 Å². The lowest BCUT2D eigenvalue weighted by molar-refractivity contribution is 1.14. The van der Waals surface area contributed by atoms with E-state index in [2.05, 4.69) is 27.9 Å². The molecule has 0 spiro atoms. The lowest BCUT2D eigenvalue weighted by atomic mass is 10.0. The van der Waals surface area contributed by atoms with Crippen LogP contribution in [0.3, 0.4) is 0 Å². The Morgan fingerprint density at radius 2 is 1.80 bits per heavy atom. The highest BCUT2D eigenvalue weighted by atomic mass is 15.1. The summed E-state index contributed by atoms with van der Waals surface area (Å²) in [6, 6.07) is 14.2. The van der Waals surface area contributed by atoms with Crippen molar-refractivity contribution in [3.8, 4) is 6.07 Å². The van der Waals surface area contributed by atoms with Crippen LogP contribution in [0.25, 0.3) is 21.2 Å². The van der Waals surface area contributed by atoms with E-state index in [0.717, 1.165) is 27.6 Å².